The molecule has 172 valence electrons. The van der Waals surface area contributed by atoms with Gasteiger partial charge in [0.15, 0.2) is 0 Å². The number of carbonyl (C=O) groups is 3. The van der Waals surface area contributed by atoms with E-state index in [1.165, 1.54) is 23.3 Å². The van der Waals surface area contributed by atoms with Crippen molar-refractivity contribution in [2.75, 3.05) is 18.5 Å². The summed E-state index contributed by atoms with van der Waals surface area (Å²) in [6.45, 7) is 0.619. The van der Waals surface area contributed by atoms with E-state index < -0.39 is 12.1 Å². The fourth-order valence-electron chi connectivity index (χ4n) is 4.59. The van der Waals surface area contributed by atoms with Crippen LogP contribution in [-0.2, 0) is 9.53 Å². The Bertz CT molecular complexity index is 1210. The molecular weight excluding hydrogens is 432 g/mol. The van der Waals surface area contributed by atoms with E-state index in [0.717, 1.165) is 11.1 Å². The second-order valence-electron chi connectivity index (χ2n) is 8.68. The van der Waals surface area contributed by atoms with Crippen LogP contribution in [0.15, 0.2) is 72.8 Å². The van der Waals surface area contributed by atoms with Crippen molar-refractivity contribution < 1.29 is 24.2 Å². The number of rotatable bonds is 7. The van der Waals surface area contributed by atoms with Crippen LogP contribution in [-0.4, -0.2) is 36.2 Å². The summed E-state index contributed by atoms with van der Waals surface area (Å²) in [7, 11) is 0. The highest BCUT2D eigenvalue weighted by Crippen LogP contribution is 2.44. The highest BCUT2D eigenvalue weighted by atomic mass is 16.5. The lowest BCUT2D eigenvalue weighted by Gasteiger charge is -2.14. The van der Waals surface area contributed by atoms with Gasteiger partial charge in [0.05, 0.1) is 5.56 Å². The quantitative estimate of drug-likeness (QED) is 0.486. The standard InChI is InChI=1S/C27H24N2O5/c30-25(29-18-11-9-16(10-12-18)26(31)32)23-13-17(23)14-28-27(33)34-15-24-21-7-3-1-5-19(21)20-6-2-4-8-22(20)24/h1-12,17,23-24H,13-15H2,(H,28,33)(H,29,30)(H,31,32). The molecule has 0 bridgehead atoms. The molecule has 2 aliphatic rings. The third kappa shape index (κ3) is 4.37. The van der Waals surface area contributed by atoms with Crippen LogP contribution in [0.5, 0.6) is 0 Å². The number of alkyl carbamates (subject to hydrolysis) is 1. The Morgan fingerprint density at radius 2 is 1.50 bits per heavy atom. The summed E-state index contributed by atoms with van der Waals surface area (Å²) in [6, 6.07) is 22.4. The van der Waals surface area contributed by atoms with Crippen molar-refractivity contribution >= 4 is 23.7 Å². The molecule has 7 heteroatoms. The molecule has 3 aromatic carbocycles. The lowest BCUT2D eigenvalue weighted by Crippen LogP contribution is -2.29. The van der Waals surface area contributed by atoms with Crippen molar-refractivity contribution in [3.8, 4) is 11.1 Å². The third-order valence-corrected chi connectivity index (χ3v) is 6.51. The van der Waals surface area contributed by atoms with Crippen LogP contribution < -0.4 is 10.6 Å². The van der Waals surface area contributed by atoms with Crippen LogP contribution >= 0.6 is 0 Å². The van der Waals surface area contributed by atoms with Gasteiger partial charge in [-0.05, 0) is 58.9 Å². The molecule has 3 aromatic rings. The number of ether oxygens (including phenoxy) is 1. The summed E-state index contributed by atoms with van der Waals surface area (Å²) in [6.07, 6.45) is 0.195. The minimum Gasteiger partial charge on any atom is -0.478 e. The number of hydrogen-bond donors (Lipinski definition) is 3. The fourth-order valence-corrected chi connectivity index (χ4v) is 4.59. The molecule has 0 radical (unpaired) electrons. The number of amides is 2. The first-order chi connectivity index (χ1) is 16.5. The van der Waals surface area contributed by atoms with Gasteiger partial charge in [-0.3, -0.25) is 4.79 Å². The van der Waals surface area contributed by atoms with Gasteiger partial charge < -0.3 is 20.5 Å². The van der Waals surface area contributed by atoms with Gasteiger partial charge in [0.25, 0.3) is 0 Å². The smallest absolute Gasteiger partial charge is 0.407 e. The second-order valence-corrected chi connectivity index (χ2v) is 8.68. The molecular formula is C27H24N2O5. The summed E-state index contributed by atoms with van der Waals surface area (Å²) in [5, 5.41) is 14.5. The Balaban J connectivity index is 1.09. The van der Waals surface area contributed by atoms with Crippen LogP contribution in [0.4, 0.5) is 10.5 Å². The molecule has 0 aliphatic heterocycles. The van der Waals surface area contributed by atoms with Crippen LogP contribution in [0.3, 0.4) is 0 Å². The largest absolute Gasteiger partial charge is 0.478 e. The molecule has 2 unspecified atom stereocenters. The highest BCUT2D eigenvalue weighted by molar-refractivity contribution is 5.95. The van der Waals surface area contributed by atoms with Gasteiger partial charge in [-0.25, -0.2) is 9.59 Å². The van der Waals surface area contributed by atoms with Crippen molar-refractivity contribution in [1.82, 2.24) is 5.32 Å². The molecule has 3 N–H and O–H groups in total. The zero-order valence-corrected chi connectivity index (χ0v) is 18.4. The van der Waals surface area contributed by atoms with Gasteiger partial charge in [0.2, 0.25) is 5.91 Å². The second kappa shape index (κ2) is 9.02. The average Bonchev–Trinajstić information content (AvgIpc) is 3.57. The van der Waals surface area contributed by atoms with Gasteiger partial charge in [0.1, 0.15) is 6.61 Å². The van der Waals surface area contributed by atoms with Gasteiger partial charge in [-0.1, -0.05) is 48.5 Å². The van der Waals surface area contributed by atoms with E-state index in [-0.39, 0.29) is 35.8 Å². The first-order valence-corrected chi connectivity index (χ1v) is 11.2. The predicted molar refractivity (Wildman–Crippen MR) is 127 cm³/mol. The molecule has 1 saturated carbocycles. The molecule has 5 rings (SSSR count). The lowest BCUT2D eigenvalue weighted by molar-refractivity contribution is -0.117. The molecule has 2 atom stereocenters. The van der Waals surface area contributed by atoms with Crippen molar-refractivity contribution in [1.29, 1.82) is 0 Å². The number of carbonyl (C=O) groups excluding carboxylic acids is 2. The fraction of sp³-hybridized carbons (Fsp3) is 0.222. The number of carboxylic acid groups (broad SMARTS) is 1. The summed E-state index contributed by atoms with van der Waals surface area (Å²) in [5.41, 5.74) is 5.38. The zero-order chi connectivity index (χ0) is 23.7. The molecule has 34 heavy (non-hydrogen) atoms. The number of anilines is 1. The zero-order valence-electron chi connectivity index (χ0n) is 18.4. The monoisotopic (exact) mass is 456 g/mol. The maximum atomic E-state index is 12.4. The van der Waals surface area contributed by atoms with E-state index in [9.17, 15) is 14.4 Å². The Morgan fingerprint density at radius 1 is 0.882 bits per heavy atom. The van der Waals surface area contributed by atoms with Crippen molar-refractivity contribution in [3.63, 3.8) is 0 Å². The minimum absolute atomic E-state index is 0.00474. The normalized spacial score (nSPS) is 17.9. The number of nitrogens with one attached hydrogen (secondary N) is 2. The van der Waals surface area contributed by atoms with Crippen LogP contribution in [0, 0.1) is 11.8 Å². The number of hydrogen-bond acceptors (Lipinski definition) is 4. The Kier molecular flexibility index (Phi) is 5.76. The minimum atomic E-state index is -1.01. The maximum Gasteiger partial charge on any atom is 0.407 e. The van der Waals surface area contributed by atoms with Gasteiger partial charge >= 0.3 is 12.1 Å². The van der Waals surface area contributed by atoms with E-state index in [0.29, 0.717) is 18.7 Å². The first-order valence-electron chi connectivity index (χ1n) is 11.2. The van der Waals surface area contributed by atoms with E-state index >= 15 is 0 Å². The summed E-state index contributed by atoms with van der Waals surface area (Å²) < 4.78 is 5.54. The summed E-state index contributed by atoms with van der Waals surface area (Å²) in [4.78, 5) is 35.7. The Hall–Kier alpha value is -4.13. The van der Waals surface area contributed by atoms with Crippen LogP contribution in [0.2, 0.25) is 0 Å². The number of benzene rings is 3. The van der Waals surface area contributed by atoms with Crippen molar-refractivity contribution in [2.45, 2.75) is 12.3 Å². The Morgan fingerprint density at radius 3 is 2.12 bits per heavy atom. The van der Waals surface area contributed by atoms with Gasteiger partial charge in [-0.2, -0.15) is 0 Å². The van der Waals surface area contributed by atoms with Crippen LogP contribution in [0.1, 0.15) is 33.8 Å². The van der Waals surface area contributed by atoms with Crippen LogP contribution in [0.25, 0.3) is 11.1 Å². The molecule has 2 amide bonds. The van der Waals surface area contributed by atoms with E-state index in [1.807, 2.05) is 24.3 Å². The Labute approximate surface area is 196 Å². The number of carboxylic acids is 1. The third-order valence-electron chi connectivity index (χ3n) is 6.51. The topological polar surface area (TPSA) is 105 Å². The predicted octanol–water partition coefficient (Wildman–Crippen LogP) is 4.50. The molecule has 0 saturated heterocycles. The van der Waals surface area contributed by atoms with E-state index in [4.69, 9.17) is 9.84 Å². The molecule has 7 nitrogen and oxygen atoms in total. The van der Waals surface area contributed by atoms with Crippen molar-refractivity contribution in [3.05, 3.63) is 89.5 Å². The van der Waals surface area contributed by atoms with E-state index in [1.54, 1.807) is 12.1 Å². The summed E-state index contributed by atoms with van der Waals surface area (Å²) >= 11 is 0. The molecule has 1 fully saturated rings. The SMILES string of the molecule is O=C(NCC1CC1C(=O)Nc1ccc(C(=O)O)cc1)OCC1c2ccccc2-c2ccccc21. The van der Waals surface area contributed by atoms with Crippen molar-refractivity contribution in [2.24, 2.45) is 11.8 Å². The van der Waals surface area contributed by atoms with E-state index in [2.05, 4.69) is 34.9 Å². The first kappa shape index (κ1) is 21.7. The average molecular weight is 456 g/mol. The number of aromatic carboxylic acids is 1. The molecule has 2 aliphatic carbocycles. The number of fused-ring (bicyclic) bond motifs is 3. The van der Waals surface area contributed by atoms with Gasteiger partial charge in [0, 0.05) is 24.1 Å². The van der Waals surface area contributed by atoms with Gasteiger partial charge in [-0.15, -0.1) is 0 Å². The molecule has 0 heterocycles. The lowest BCUT2D eigenvalue weighted by atomic mass is 9.98. The molecule has 0 aromatic heterocycles. The summed E-state index contributed by atoms with van der Waals surface area (Å²) in [5.74, 6) is -1.28. The highest BCUT2D eigenvalue weighted by Gasteiger charge is 2.43. The molecule has 0 spiro atoms. The maximum absolute atomic E-state index is 12.4.